The molecule has 0 saturated carbocycles. The second-order valence-electron chi connectivity index (χ2n) is 5.76. The number of hydrogen-bond acceptors (Lipinski definition) is 5. The quantitative estimate of drug-likeness (QED) is 0.679. The number of nitrogens with one attached hydrogen (secondary N) is 2. The third-order valence-corrected chi connectivity index (χ3v) is 3.61. The van der Waals surface area contributed by atoms with Gasteiger partial charge in [0.15, 0.2) is 0 Å². The molecule has 0 radical (unpaired) electrons. The van der Waals surface area contributed by atoms with Crippen molar-refractivity contribution < 1.29 is 13.9 Å². The van der Waals surface area contributed by atoms with Crippen molar-refractivity contribution in [3.8, 4) is 5.75 Å². The lowest BCUT2D eigenvalue weighted by Gasteiger charge is -2.09. The topological polar surface area (TPSA) is 76.1 Å². The minimum atomic E-state index is -0.355. The Kier molecular flexibility index (Phi) is 5.61. The molecule has 0 atom stereocenters. The van der Waals surface area contributed by atoms with Crippen LogP contribution in [0.2, 0.25) is 0 Å². The van der Waals surface area contributed by atoms with Crippen LogP contribution < -0.4 is 15.4 Å². The molecular weight excluding hydrogens is 347 g/mol. The highest BCUT2D eigenvalue weighted by Crippen LogP contribution is 2.18. The van der Waals surface area contributed by atoms with E-state index in [1.807, 2.05) is 6.92 Å². The molecule has 0 aliphatic heterocycles. The summed E-state index contributed by atoms with van der Waals surface area (Å²) in [6.07, 6.45) is 0. The average molecular weight is 366 g/mol. The maximum absolute atomic E-state index is 13.0. The normalized spacial score (nSPS) is 10.3. The van der Waals surface area contributed by atoms with Crippen molar-refractivity contribution in [1.82, 2.24) is 9.97 Å². The summed E-state index contributed by atoms with van der Waals surface area (Å²) >= 11 is 0. The van der Waals surface area contributed by atoms with Crippen molar-refractivity contribution in [2.45, 2.75) is 13.8 Å². The summed E-state index contributed by atoms with van der Waals surface area (Å²) in [5.41, 5.74) is 2.11. The molecule has 3 rings (SSSR count). The van der Waals surface area contributed by atoms with Crippen LogP contribution in [-0.4, -0.2) is 22.5 Å². The summed E-state index contributed by atoms with van der Waals surface area (Å²) in [5, 5.41) is 5.76. The number of ether oxygens (including phenoxy) is 1. The lowest BCUT2D eigenvalue weighted by molar-refractivity contribution is 0.102. The molecule has 3 aromatic rings. The van der Waals surface area contributed by atoms with Crippen LogP contribution in [0.15, 0.2) is 54.6 Å². The number of carbonyl (C=O) groups is 1. The second kappa shape index (κ2) is 8.27. The molecule has 7 heteroatoms. The SMILES string of the molecule is CCOc1ccc(NC(=O)c2cc(C)nc(Nc3ccc(F)cc3)n2)cc1. The first-order valence-corrected chi connectivity index (χ1v) is 8.46. The number of hydrogen-bond donors (Lipinski definition) is 2. The summed E-state index contributed by atoms with van der Waals surface area (Å²) in [7, 11) is 0. The fraction of sp³-hybridized carbons (Fsp3) is 0.150. The molecule has 0 unspecified atom stereocenters. The molecule has 2 N–H and O–H groups in total. The van der Waals surface area contributed by atoms with Crippen LogP contribution in [0.4, 0.5) is 21.7 Å². The maximum Gasteiger partial charge on any atom is 0.274 e. The smallest absolute Gasteiger partial charge is 0.274 e. The van der Waals surface area contributed by atoms with Gasteiger partial charge in [0.25, 0.3) is 5.91 Å². The Morgan fingerprint density at radius 3 is 2.37 bits per heavy atom. The Hall–Kier alpha value is -3.48. The maximum atomic E-state index is 13.0. The monoisotopic (exact) mass is 366 g/mol. The standard InChI is InChI=1S/C20H19FN4O2/c1-3-27-17-10-8-15(9-11-17)23-19(26)18-12-13(2)22-20(25-18)24-16-6-4-14(21)5-7-16/h4-12H,3H2,1-2H3,(H,23,26)(H,22,24,25). The third kappa shape index (κ3) is 5.01. The molecule has 0 bridgehead atoms. The zero-order chi connectivity index (χ0) is 19.2. The fourth-order valence-electron chi connectivity index (χ4n) is 2.40. The van der Waals surface area contributed by atoms with Crippen LogP contribution in [0.25, 0.3) is 0 Å². The van der Waals surface area contributed by atoms with E-state index >= 15 is 0 Å². The van der Waals surface area contributed by atoms with E-state index in [1.165, 1.54) is 12.1 Å². The zero-order valence-corrected chi connectivity index (χ0v) is 15.0. The third-order valence-electron chi connectivity index (χ3n) is 3.61. The summed E-state index contributed by atoms with van der Waals surface area (Å²) < 4.78 is 18.4. The van der Waals surface area contributed by atoms with Gasteiger partial charge in [0.2, 0.25) is 5.95 Å². The van der Waals surface area contributed by atoms with Crippen molar-refractivity contribution in [2.75, 3.05) is 17.2 Å². The van der Waals surface area contributed by atoms with Crippen LogP contribution in [0.1, 0.15) is 23.1 Å². The number of benzene rings is 2. The predicted octanol–water partition coefficient (Wildman–Crippen LogP) is 4.32. The van der Waals surface area contributed by atoms with E-state index < -0.39 is 0 Å². The molecular formula is C20H19FN4O2. The number of carbonyl (C=O) groups excluding carboxylic acids is 1. The molecule has 0 aliphatic rings. The first-order valence-electron chi connectivity index (χ1n) is 8.46. The Morgan fingerprint density at radius 1 is 1.04 bits per heavy atom. The van der Waals surface area contributed by atoms with E-state index in [0.717, 1.165) is 5.75 Å². The van der Waals surface area contributed by atoms with E-state index in [0.29, 0.717) is 23.7 Å². The highest BCUT2D eigenvalue weighted by Gasteiger charge is 2.11. The van der Waals surface area contributed by atoms with Gasteiger partial charge in [0.1, 0.15) is 17.3 Å². The van der Waals surface area contributed by atoms with Crippen molar-refractivity contribution in [2.24, 2.45) is 0 Å². The van der Waals surface area contributed by atoms with Gasteiger partial charge in [-0.15, -0.1) is 0 Å². The van der Waals surface area contributed by atoms with Crippen molar-refractivity contribution in [3.05, 3.63) is 71.8 Å². The highest BCUT2D eigenvalue weighted by molar-refractivity contribution is 6.03. The first kappa shape index (κ1) is 18.3. The van der Waals surface area contributed by atoms with Crippen LogP contribution >= 0.6 is 0 Å². The molecule has 2 aromatic carbocycles. The van der Waals surface area contributed by atoms with E-state index in [2.05, 4.69) is 20.6 Å². The van der Waals surface area contributed by atoms with Gasteiger partial charge in [0, 0.05) is 17.1 Å². The molecule has 6 nitrogen and oxygen atoms in total. The molecule has 0 aliphatic carbocycles. The zero-order valence-electron chi connectivity index (χ0n) is 15.0. The highest BCUT2D eigenvalue weighted by atomic mass is 19.1. The number of aryl methyl sites for hydroxylation is 1. The van der Waals surface area contributed by atoms with E-state index in [4.69, 9.17) is 4.74 Å². The molecule has 0 saturated heterocycles. The Balaban J connectivity index is 1.74. The van der Waals surface area contributed by atoms with Gasteiger partial charge in [-0.25, -0.2) is 14.4 Å². The number of halogens is 1. The average Bonchev–Trinajstić information content (AvgIpc) is 2.65. The number of aromatic nitrogens is 2. The second-order valence-corrected chi connectivity index (χ2v) is 5.76. The van der Waals surface area contributed by atoms with E-state index in [9.17, 15) is 9.18 Å². The Morgan fingerprint density at radius 2 is 1.70 bits per heavy atom. The molecule has 0 spiro atoms. The lowest BCUT2D eigenvalue weighted by Crippen LogP contribution is -2.15. The van der Waals surface area contributed by atoms with Crippen LogP contribution in [0.3, 0.4) is 0 Å². The van der Waals surface area contributed by atoms with Gasteiger partial charge < -0.3 is 15.4 Å². The molecule has 1 amide bonds. The number of nitrogens with zero attached hydrogens (tertiary/aromatic N) is 2. The largest absolute Gasteiger partial charge is 0.494 e. The molecule has 1 heterocycles. The minimum Gasteiger partial charge on any atom is -0.494 e. The van der Waals surface area contributed by atoms with Crippen LogP contribution in [-0.2, 0) is 0 Å². The van der Waals surface area contributed by atoms with Crippen LogP contribution in [0, 0.1) is 12.7 Å². The Labute approximate surface area is 156 Å². The van der Waals surface area contributed by atoms with E-state index in [1.54, 1.807) is 49.4 Å². The van der Waals surface area contributed by atoms with Crippen molar-refractivity contribution in [1.29, 1.82) is 0 Å². The summed E-state index contributed by atoms with van der Waals surface area (Å²) in [6.45, 7) is 4.26. The summed E-state index contributed by atoms with van der Waals surface area (Å²) in [5.74, 6) is 0.311. The molecule has 27 heavy (non-hydrogen) atoms. The predicted molar refractivity (Wildman–Crippen MR) is 102 cm³/mol. The molecule has 138 valence electrons. The van der Waals surface area contributed by atoms with Gasteiger partial charge in [-0.2, -0.15) is 0 Å². The lowest BCUT2D eigenvalue weighted by atomic mass is 10.2. The van der Waals surface area contributed by atoms with Crippen molar-refractivity contribution in [3.63, 3.8) is 0 Å². The van der Waals surface area contributed by atoms with Gasteiger partial charge in [0.05, 0.1) is 6.61 Å². The fourth-order valence-corrected chi connectivity index (χ4v) is 2.40. The van der Waals surface area contributed by atoms with Crippen molar-refractivity contribution >= 4 is 23.2 Å². The Bertz CT molecular complexity index is 928. The van der Waals surface area contributed by atoms with Gasteiger partial charge in [-0.05, 0) is 68.4 Å². The van der Waals surface area contributed by atoms with E-state index in [-0.39, 0.29) is 23.4 Å². The number of rotatable bonds is 6. The number of anilines is 3. The summed E-state index contributed by atoms with van der Waals surface area (Å²) in [6, 6.07) is 14.5. The number of amides is 1. The van der Waals surface area contributed by atoms with Gasteiger partial charge in [-0.3, -0.25) is 4.79 Å². The summed E-state index contributed by atoms with van der Waals surface area (Å²) in [4.78, 5) is 21.0. The first-order chi connectivity index (χ1) is 13.0. The van der Waals surface area contributed by atoms with Gasteiger partial charge in [-0.1, -0.05) is 0 Å². The molecule has 1 aromatic heterocycles. The minimum absolute atomic E-state index is 0.223. The van der Waals surface area contributed by atoms with Gasteiger partial charge >= 0.3 is 0 Å². The molecule has 0 fully saturated rings. The van der Waals surface area contributed by atoms with Crippen LogP contribution in [0.5, 0.6) is 5.75 Å².